The number of pyridine rings is 1. The van der Waals surface area contributed by atoms with Crippen LogP contribution in [0.2, 0.25) is 5.02 Å². The summed E-state index contributed by atoms with van der Waals surface area (Å²) in [6.45, 7) is 2.63. The highest BCUT2D eigenvalue weighted by molar-refractivity contribution is 6.30. The molecule has 0 saturated carbocycles. The van der Waals surface area contributed by atoms with Crippen LogP contribution in [0.25, 0.3) is 22.3 Å². The third-order valence-electron chi connectivity index (χ3n) is 6.03. The van der Waals surface area contributed by atoms with Crippen LogP contribution >= 0.6 is 23.2 Å². The second kappa shape index (κ2) is 10.6. The number of carbonyl (C=O) groups is 1. The average molecular weight is 525 g/mol. The molecular formula is C26H23Cl2FN6O. The Morgan fingerprint density at radius 2 is 1.75 bits per heavy atom. The predicted octanol–water partition coefficient (Wildman–Crippen LogP) is 5.25. The summed E-state index contributed by atoms with van der Waals surface area (Å²) < 4.78 is 13.4. The van der Waals surface area contributed by atoms with Crippen molar-refractivity contribution < 1.29 is 9.18 Å². The van der Waals surface area contributed by atoms with Gasteiger partial charge in [-0.05, 0) is 54.1 Å². The molecule has 2 amide bonds. The normalized spacial score (nSPS) is 13.8. The van der Waals surface area contributed by atoms with Gasteiger partial charge in [0.15, 0.2) is 5.82 Å². The van der Waals surface area contributed by atoms with E-state index < -0.39 is 0 Å². The molecule has 1 aliphatic heterocycles. The minimum Gasteiger partial charge on any atom is -0.351 e. The Hall–Kier alpha value is -3.49. The smallest absolute Gasteiger partial charge is 0.317 e. The first kappa shape index (κ1) is 24.2. The van der Waals surface area contributed by atoms with E-state index in [0.29, 0.717) is 66.1 Å². The van der Waals surface area contributed by atoms with E-state index >= 15 is 0 Å². The van der Waals surface area contributed by atoms with Crippen LogP contribution in [-0.2, 0) is 12.4 Å². The quantitative estimate of drug-likeness (QED) is 0.360. The van der Waals surface area contributed by atoms with E-state index in [2.05, 4.69) is 20.2 Å². The average Bonchev–Trinajstić information content (AvgIpc) is 2.91. The highest BCUT2D eigenvalue weighted by Crippen LogP contribution is 2.27. The van der Waals surface area contributed by atoms with Gasteiger partial charge in [-0.3, -0.25) is 0 Å². The Morgan fingerprint density at radius 3 is 2.47 bits per heavy atom. The Kier molecular flexibility index (Phi) is 7.16. The van der Waals surface area contributed by atoms with Crippen LogP contribution in [0.3, 0.4) is 0 Å². The zero-order valence-electron chi connectivity index (χ0n) is 19.3. The lowest BCUT2D eigenvalue weighted by Crippen LogP contribution is -2.52. The van der Waals surface area contributed by atoms with Gasteiger partial charge in [0.2, 0.25) is 0 Å². The number of hydrogen-bond donors (Lipinski definition) is 1. The number of amides is 2. The van der Waals surface area contributed by atoms with Crippen molar-refractivity contribution in [2.45, 2.75) is 12.4 Å². The molecule has 7 nitrogen and oxygen atoms in total. The molecule has 184 valence electrons. The largest absolute Gasteiger partial charge is 0.351 e. The summed E-state index contributed by atoms with van der Waals surface area (Å²) in [7, 11) is 0. The molecular weight excluding hydrogens is 502 g/mol. The number of nitrogens with one attached hydrogen (secondary N) is 1. The highest BCUT2D eigenvalue weighted by Gasteiger charge is 2.24. The third kappa shape index (κ3) is 5.34. The van der Waals surface area contributed by atoms with E-state index in [1.807, 2.05) is 30.3 Å². The van der Waals surface area contributed by atoms with E-state index in [1.165, 1.54) is 12.1 Å². The number of halogens is 3. The molecule has 0 bridgehead atoms. The minimum absolute atomic E-state index is 0.125. The summed E-state index contributed by atoms with van der Waals surface area (Å²) >= 11 is 12.1. The van der Waals surface area contributed by atoms with Crippen molar-refractivity contribution in [1.82, 2.24) is 25.2 Å². The van der Waals surface area contributed by atoms with Gasteiger partial charge < -0.3 is 15.1 Å². The van der Waals surface area contributed by atoms with Crippen molar-refractivity contribution in [3.05, 3.63) is 82.9 Å². The summed E-state index contributed by atoms with van der Waals surface area (Å²) in [6.07, 6.45) is 0. The van der Waals surface area contributed by atoms with Gasteiger partial charge in [-0.1, -0.05) is 23.7 Å². The maximum absolute atomic E-state index is 13.4. The molecule has 36 heavy (non-hydrogen) atoms. The van der Waals surface area contributed by atoms with Crippen LogP contribution in [-0.4, -0.2) is 52.1 Å². The van der Waals surface area contributed by atoms with Crippen LogP contribution in [0.15, 0.2) is 60.7 Å². The molecule has 4 aromatic rings. The highest BCUT2D eigenvalue weighted by atomic mass is 35.5. The summed E-state index contributed by atoms with van der Waals surface area (Å²) in [5, 5.41) is 3.59. The number of benzene rings is 2. The number of hydrogen-bond acceptors (Lipinski definition) is 5. The monoisotopic (exact) mass is 524 g/mol. The van der Waals surface area contributed by atoms with Crippen LogP contribution in [0.1, 0.15) is 11.4 Å². The Morgan fingerprint density at radius 1 is 0.972 bits per heavy atom. The number of carbonyl (C=O) groups excluding carboxylic acids is 1. The second-order valence-corrected chi connectivity index (χ2v) is 9.13. The molecule has 5 rings (SSSR count). The van der Waals surface area contributed by atoms with Crippen molar-refractivity contribution in [2.24, 2.45) is 0 Å². The molecule has 0 unspecified atom stereocenters. The minimum atomic E-state index is -0.301. The summed E-state index contributed by atoms with van der Waals surface area (Å²) in [6, 6.07) is 17.2. The molecule has 0 aliphatic carbocycles. The van der Waals surface area contributed by atoms with Gasteiger partial charge in [-0.25, -0.2) is 24.1 Å². The number of urea groups is 1. The second-order valence-electron chi connectivity index (χ2n) is 8.43. The number of piperazine rings is 1. The van der Waals surface area contributed by atoms with Crippen molar-refractivity contribution in [3.8, 4) is 11.3 Å². The first-order chi connectivity index (χ1) is 17.5. The lowest BCUT2D eigenvalue weighted by atomic mass is 10.1. The lowest BCUT2D eigenvalue weighted by molar-refractivity contribution is 0.194. The number of fused-ring (bicyclic) bond motifs is 1. The maximum Gasteiger partial charge on any atom is 0.317 e. The molecule has 2 aromatic carbocycles. The first-order valence-electron chi connectivity index (χ1n) is 11.5. The van der Waals surface area contributed by atoms with Crippen molar-refractivity contribution in [1.29, 1.82) is 0 Å². The molecule has 1 aliphatic rings. The SMILES string of the molecule is O=C(NCc1cccc(Cl)c1)N1CCN(c2nc(CCl)nc3ccc(-c4ccc(F)cc4)nc23)CC1. The molecule has 0 radical (unpaired) electrons. The fraction of sp³-hybridized carbons (Fsp3) is 0.231. The van der Waals surface area contributed by atoms with Crippen molar-refractivity contribution >= 4 is 46.1 Å². The van der Waals surface area contributed by atoms with E-state index in [4.69, 9.17) is 28.2 Å². The lowest BCUT2D eigenvalue weighted by Gasteiger charge is -2.35. The first-order valence-corrected chi connectivity index (χ1v) is 12.4. The van der Waals surface area contributed by atoms with Crippen LogP contribution in [0.5, 0.6) is 0 Å². The standard InChI is InChI=1S/C26H23Cl2FN6O/c27-15-23-31-22-9-8-21(18-4-6-20(29)7-5-18)32-24(22)25(33-23)34-10-12-35(13-11-34)26(36)30-16-17-2-1-3-19(28)14-17/h1-9,14H,10-13,15-16H2,(H,30,36). The van der Waals surface area contributed by atoms with Crippen molar-refractivity contribution in [3.63, 3.8) is 0 Å². The molecule has 3 heterocycles. The van der Waals surface area contributed by atoms with Gasteiger partial charge in [0.1, 0.15) is 17.2 Å². The molecule has 1 N–H and O–H groups in total. The fourth-order valence-electron chi connectivity index (χ4n) is 4.17. The summed E-state index contributed by atoms with van der Waals surface area (Å²) in [5.41, 5.74) is 3.77. The Bertz CT molecular complexity index is 1390. The van der Waals surface area contributed by atoms with Crippen LogP contribution in [0, 0.1) is 5.82 Å². The Balaban J connectivity index is 1.33. The van der Waals surface area contributed by atoms with Gasteiger partial charge in [0.25, 0.3) is 0 Å². The fourth-order valence-corrected chi connectivity index (χ4v) is 4.50. The van der Waals surface area contributed by atoms with Gasteiger partial charge in [-0.2, -0.15) is 0 Å². The molecule has 0 atom stereocenters. The topological polar surface area (TPSA) is 74.2 Å². The van der Waals surface area contributed by atoms with E-state index in [1.54, 1.807) is 23.1 Å². The zero-order chi connectivity index (χ0) is 25.1. The number of nitrogens with zero attached hydrogens (tertiary/aromatic N) is 5. The zero-order valence-corrected chi connectivity index (χ0v) is 20.8. The molecule has 1 fully saturated rings. The summed E-state index contributed by atoms with van der Waals surface area (Å²) in [4.78, 5) is 30.6. The number of alkyl halides is 1. The van der Waals surface area contributed by atoms with E-state index in [-0.39, 0.29) is 17.7 Å². The number of anilines is 1. The molecule has 2 aromatic heterocycles. The molecule has 10 heteroatoms. The van der Waals surface area contributed by atoms with Gasteiger partial charge >= 0.3 is 6.03 Å². The van der Waals surface area contributed by atoms with Crippen LogP contribution in [0.4, 0.5) is 15.0 Å². The van der Waals surface area contributed by atoms with Crippen molar-refractivity contribution in [2.75, 3.05) is 31.1 Å². The van der Waals surface area contributed by atoms with Gasteiger partial charge in [0.05, 0.1) is 17.1 Å². The van der Waals surface area contributed by atoms with E-state index in [9.17, 15) is 9.18 Å². The summed E-state index contributed by atoms with van der Waals surface area (Å²) in [5.74, 6) is 1.06. The van der Waals surface area contributed by atoms with Gasteiger partial charge in [0, 0.05) is 43.3 Å². The predicted molar refractivity (Wildman–Crippen MR) is 140 cm³/mol. The molecule has 1 saturated heterocycles. The number of rotatable bonds is 5. The maximum atomic E-state index is 13.4. The van der Waals surface area contributed by atoms with Gasteiger partial charge in [-0.15, -0.1) is 11.6 Å². The Labute approximate surface area is 217 Å². The third-order valence-corrected chi connectivity index (χ3v) is 6.50. The van der Waals surface area contributed by atoms with Crippen LogP contribution < -0.4 is 10.2 Å². The molecule has 0 spiro atoms. The van der Waals surface area contributed by atoms with E-state index in [0.717, 1.165) is 11.1 Å². The number of aromatic nitrogens is 3.